The SMILES string of the molecule is CCOC(=O)C(C)(C)c1csc(-c2ccc(F)cc2)n1.CCOC(=O)Cc1csc(-c2ccc(F)cc2)n1. The van der Waals surface area contributed by atoms with E-state index in [1.54, 1.807) is 52.0 Å². The van der Waals surface area contributed by atoms with Crippen LogP contribution >= 0.6 is 22.7 Å². The van der Waals surface area contributed by atoms with E-state index >= 15 is 0 Å². The topological polar surface area (TPSA) is 78.4 Å². The van der Waals surface area contributed by atoms with Crippen LogP contribution in [0.15, 0.2) is 59.3 Å². The van der Waals surface area contributed by atoms with Crippen molar-refractivity contribution in [3.05, 3.63) is 82.3 Å². The molecule has 2 aromatic carbocycles. The molecular weight excluding hydrogens is 530 g/mol. The summed E-state index contributed by atoms with van der Waals surface area (Å²) in [6.07, 6.45) is 0.172. The quantitative estimate of drug-likeness (QED) is 0.220. The molecule has 4 rings (SSSR count). The first kappa shape index (κ1) is 29.1. The Kier molecular flexibility index (Phi) is 10.2. The Bertz CT molecular complexity index is 1350. The summed E-state index contributed by atoms with van der Waals surface area (Å²) in [6, 6.07) is 12.3. The zero-order valence-electron chi connectivity index (χ0n) is 21.5. The second-order valence-electron chi connectivity index (χ2n) is 8.52. The number of hydrogen-bond acceptors (Lipinski definition) is 8. The molecule has 0 unspecified atom stereocenters. The van der Waals surface area contributed by atoms with Crippen LogP contribution < -0.4 is 0 Å². The maximum Gasteiger partial charge on any atom is 0.317 e. The summed E-state index contributed by atoms with van der Waals surface area (Å²) in [5, 5.41) is 5.19. The first-order valence-electron chi connectivity index (χ1n) is 11.9. The number of nitrogens with zero attached hydrogens (tertiary/aromatic N) is 2. The highest BCUT2D eigenvalue weighted by molar-refractivity contribution is 7.13. The Morgan fingerprint density at radius 3 is 1.82 bits per heavy atom. The molecule has 0 aliphatic carbocycles. The third kappa shape index (κ3) is 7.75. The van der Waals surface area contributed by atoms with Crippen molar-refractivity contribution in [1.29, 1.82) is 0 Å². The minimum absolute atomic E-state index is 0.172. The Morgan fingerprint density at radius 2 is 1.29 bits per heavy atom. The van der Waals surface area contributed by atoms with Crippen LogP contribution in [0.5, 0.6) is 0 Å². The van der Waals surface area contributed by atoms with Gasteiger partial charge in [-0.15, -0.1) is 22.7 Å². The van der Waals surface area contributed by atoms with Crippen molar-refractivity contribution in [3.63, 3.8) is 0 Å². The largest absolute Gasteiger partial charge is 0.466 e. The number of thiazole rings is 2. The molecule has 0 saturated heterocycles. The van der Waals surface area contributed by atoms with E-state index < -0.39 is 5.41 Å². The zero-order valence-corrected chi connectivity index (χ0v) is 23.1. The second kappa shape index (κ2) is 13.3. The molecule has 38 heavy (non-hydrogen) atoms. The molecule has 0 amide bonds. The number of benzene rings is 2. The van der Waals surface area contributed by atoms with Crippen LogP contribution in [-0.2, 0) is 30.9 Å². The van der Waals surface area contributed by atoms with E-state index in [1.807, 2.05) is 10.8 Å². The first-order chi connectivity index (χ1) is 18.1. The lowest BCUT2D eigenvalue weighted by Gasteiger charge is -2.19. The number of rotatable bonds is 8. The smallest absolute Gasteiger partial charge is 0.317 e. The van der Waals surface area contributed by atoms with Gasteiger partial charge in [0.25, 0.3) is 0 Å². The van der Waals surface area contributed by atoms with E-state index in [2.05, 4.69) is 9.97 Å². The molecule has 0 atom stereocenters. The van der Waals surface area contributed by atoms with Gasteiger partial charge in [-0.1, -0.05) is 0 Å². The Morgan fingerprint density at radius 1 is 0.789 bits per heavy atom. The maximum atomic E-state index is 12.9. The fourth-order valence-corrected chi connectivity index (χ4v) is 4.99. The van der Waals surface area contributed by atoms with E-state index in [9.17, 15) is 18.4 Å². The lowest BCUT2D eigenvalue weighted by Crippen LogP contribution is -2.31. The summed E-state index contributed by atoms with van der Waals surface area (Å²) in [7, 11) is 0. The number of aromatic nitrogens is 2. The minimum atomic E-state index is -0.787. The number of carbonyl (C=O) groups excluding carboxylic acids is 2. The summed E-state index contributed by atoms with van der Waals surface area (Å²) in [6.45, 7) is 7.83. The van der Waals surface area contributed by atoms with Crippen LogP contribution in [0.3, 0.4) is 0 Å². The Hall–Kier alpha value is -3.50. The molecule has 4 aromatic rings. The zero-order chi connectivity index (χ0) is 27.7. The van der Waals surface area contributed by atoms with E-state index in [4.69, 9.17) is 9.47 Å². The van der Waals surface area contributed by atoms with Crippen molar-refractivity contribution in [2.45, 2.75) is 39.5 Å². The number of carbonyl (C=O) groups is 2. The van der Waals surface area contributed by atoms with Gasteiger partial charge in [0.1, 0.15) is 27.1 Å². The normalized spacial score (nSPS) is 10.9. The number of ether oxygens (including phenoxy) is 2. The molecule has 2 heterocycles. The van der Waals surface area contributed by atoms with Crippen molar-refractivity contribution < 1.29 is 27.8 Å². The standard InChI is InChI=1S/C15H16FNO2S.C13H12FNO2S/c1-4-19-14(18)15(2,3)12-9-20-13(17-12)10-5-7-11(16)8-6-10;1-2-17-12(16)7-11-8-18-13(15-11)9-3-5-10(14)6-4-9/h5-9H,4H2,1-3H3;3-6,8H,2,7H2,1H3. The monoisotopic (exact) mass is 558 g/mol. The molecule has 0 N–H and O–H groups in total. The second-order valence-corrected chi connectivity index (χ2v) is 10.2. The van der Waals surface area contributed by atoms with Gasteiger partial charge in [-0.05, 0) is 76.2 Å². The average Bonchev–Trinajstić information content (AvgIpc) is 3.56. The molecule has 0 saturated carbocycles. The lowest BCUT2D eigenvalue weighted by molar-refractivity contribution is -0.149. The Balaban J connectivity index is 0.000000212. The van der Waals surface area contributed by atoms with Gasteiger partial charge in [-0.3, -0.25) is 9.59 Å². The van der Waals surface area contributed by atoms with Crippen molar-refractivity contribution in [3.8, 4) is 21.1 Å². The van der Waals surface area contributed by atoms with E-state index in [-0.39, 0.29) is 30.0 Å². The van der Waals surface area contributed by atoms with Gasteiger partial charge in [0.2, 0.25) is 0 Å². The van der Waals surface area contributed by atoms with Crippen LogP contribution in [0, 0.1) is 11.6 Å². The van der Waals surface area contributed by atoms with Crippen LogP contribution in [-0.4, -0.2) is 35.1 Å². The first-order valence-corrected chi connectivity index (χ1v) is 13.6. The maximum absolute atomic E-state index is 12.9. The Labute approximate surface area is 228 Å². The van der Waals surface area contributed by atoms with Crippen molar-refractivity contribution in [2.24, 2.45) is 0 Å². The molecule has 2 aromatic heterocycles. The van der Waals surface area contributed by atoms with Gasteiger partial charge in [-0.25, -0.2) is 18.7 Å². The van der Waals surface area contributed by atoms with E-state index in [0.717, 1.165) is 21.1 Å². The predicted octanol–water partition coefficient (Wildman–Crippen LogP) is 6.84. The molecule has 0 radical (unpaired) electrons. The van der Waals surface area contributed by atoms with Gasteiger partial charge in [0.15, 0.2) is 0 Å². The molecule has 10 heteroatoms. The molecule has 0 fully saturated rings. The van der Waals surface area contributed by atoms with Gasteiger partial charge in [0.05, 0.1) is 31.0 Å². The van der Waals surface area contributed by atoms with Crippen LogP contribution in [0.25, 0.3) is 21.1 Å². The highest BCUT2D eigenvalue weighted by Gasteiger charge is 2.34. The van der Waals surface area contributed by atoms with E-state index in [0.29, 0.717) is 24.6 Å². The number of halogens is 2. The molecule has 0 aliphatic rings. The molecule has 0 aliphatic heterocycles. The number of hydrogen-bond donors (Lipinski definition) is 0. The third-order valence-electron chi connectivity index (χ3n) is 5.30. The van der Waals surface area contributed by atoms with Crippen LogP contribution in [0.2, 0.25) is 0 Å². The van der Waals surface area contributed by atoms with Gasteiger partial charge < -0.3 is 9.47 Å². The van der Waals surface area contributed by atoms with Crippen molar-refractivity contribution in [1.82, 2.24) is 9.97 Å². The van der Waals surface area contributed by atoms with Gasteiger partial charge >= 0.3 is 11.9 Å². The fraction of sp³-hybridized carbons (Fsp3) is 0.286. The van der Waals surface area contributed by atoms with Crippen LogP contribution in [0.4, 0.5) is 8.78 Å². The summed E-state index contributed by atoms with van der Waals surface area (Å²) in [5.74, 6) is -1.14. The third-order valence-corrected chi connectivity index (χ3v) is 7.13. The highest BCUT2D eigenvalue weighted by Crippen LogP contribution is 2.31. The summed E-state index contributed by atoms with van der Waals surface area (Å²) in [4.78, 5) is 32.1. The van der Waals surface area contributed by atoms with Crippen LogP contribution in [0.1, 0.15) is 39.1 Å². The fourth-order valence-electron chi connectivity index (χ4n) is 3.18. The molecule has 0 spiro atoms. The van der Waals surface area contributed by atoms with Crippen molar-refractivity contribution >= 4 is 34.6 Å². The summed E-state index contributed by atoms with van der Waals surface area (Å²) in [5.41, 5.74) is 2.24. The lowest BCUT2D eigenvalue weighted by atomic mass is 9.90. The highest BCUT2D eigenvalue weighted by atomic mass is 32.1. The average molecular weight is 559 g/mol. The van der Waals surface area contributed by atoms with E-state index in [1.165, 1.54) is 46.9 Å². The van der Waals surface area contributed by atoms with Gasteiger partial charge in [-0.2, -0.15) is 0 Å². The molecule has 6 nitrogen and oxygen atoms in total. The summed E-state index contributed by atoms with van der Waals surface area (Å²) >= 11 is 2.86. The minimum Gasteiger partial charge on any atom is -0.466 e. The molecular formula is C28H28F2N2O4S2. The molecule has 200 valence electrons. The number of esters is 2. The van der Waals surface area contributed by atoms with Gasteiger partial charge in [0, 0.05) is 21.9 Å². The molecule has 0 bridgehead atoms. The summed E-state index contributed by atoms with van der Waals surface area (Å²) < 4.78 is 35.6. The predicted molar refractivity (Wildman–Crippen MR) is 145 cm³/mol. The van der Waals surface area contributed by atoms with Crippen molar-refractivity contribution in [2.75, 3.05) is 13.2 Å².